The van der Waals surface area contributed by atoms with Gasteiger partial charge in [0.25, 0.3) is 0 Å². The zero-order chi connectivity index (χ0) is 15.7. The van der Waals surface area contributed by atoms with Crippen molar-refractivity contribution < 1.29 is 13.2 Å². The lowest BCUT2D eigenvalue weighted by molar-refractivity contribution is -0.135. The summed E-state index contributed by atoms with van der Waals surface area (Å²) < 4.78 is 36.0. The molecule has 2 N–H and O–H groups in total. The molecule has 0 fully saturated rings. The fourth-order valence-electron chi connectivity index (χ4n) is 1.70. The van der Waals surface area contributed by atoms with E-state index in [2.05, 4.69) is 15.6 Å². The molecular weight excluding hydrogens is 303 g/mol. The first kappa shape index (κ1) is 17.6. The molecule has 0 aliphatic rings. The van der Waals surface area contributed by atoms with Crippen molar-refractivity contribution in [2.75, 3.05) is 13.6 Å². The third kappa shape index (κ3) is 7.80. The molecule has 0 aliphatic carbocycles. The lowest BCUT2D eigenvalue weighted by atomic mass is 10.2. The smallest absolute Gasteiger partial charge is 0.356 e. The van der Waals surface area contributed by atoms with Crippen molar-refractivity contribution in [2.24, 2.45) is 4.99 Å². The zero-order valence-corrected chi connectivity index (χ0v) is 12.6. The molecule has 0 amide bonds. The largest absolute Gasteiger partial charge is 0.389 e. The second-order valence-electron chi connectivity index (χ2n) is 4.52. The predicted octanol–water partition coefficient (Wildman–Crippen LogP) is 3.74. The number of nitrogens with zero attached hydrogens (tertiary/aromatic N) is 1. The van der Waals surface area contributed by atoms with Gasteiger partial charge < -0.3 is 10.6 Å². The van der Waals surface area contributed by atoms with Crippen LogP contribution in [-0.4, -0.2) is 25.7 Å². The summed E-state index contributed by atoms with van der Waals surface area (Å²) in [5.41, 5.74) is 0.930. The van der Waals surface area contributed by atoms with Crippen LogP contribution in [0.5, 0.6) is 0 Å². The second kappa shape index (κ2) is 8.77. The van der Waals surface area contributed by atoms with Crippen LogP contribution in [0.3, 0.4) is 0 Å². The molecular formula is C14H19ClF3N3. The normalized spacial score (nSPS) is 12.3. The van der Waals surface area contributed by atoms with E-state index in [-0.39, 0.29) is 6.42 Å². The molecule has 0 bridgehead atoms. The Bertz CT molecular complexity index is 461. The highest BCUT2D eigenvalue weighted by molar-refractivity contribution is 6.31. The molecule has 7 heteroatoms. The zero-order valence-electron chi connectivity index (χ0n) is 11.8. The topological polar surface area (TPSA) is 36.4 Å². The number of rotatable bonds is 6. The second-order valence-corrected chi connectivity index (χ2v) is 4.92. The van der Waals surface area contributed by atoms with Gasteiger partial charge in [0.15, 0.2) is 5.96 Å². The first-order valence-corrected chi connectivity index (χ1v) is 7.05. The summed E-state index contributed by atoms with van der Waals surface area (Å²) in [6.07, 6.45) is -4.28. The van der Waals surface area contributed by atoms with Crippen molar-refractivity contribution in [3.8, 4) is 0 Å². The maximum absolute atomic E-state index is 12.0. The Kier molecular flexibility index (Phi) is 7.36. The summed E-state index contributed by atoms with van der Waals surface area (Å²) in [4.78, 5) is 4.01. The minimum absolute atomic E-state index is 0.109. The highest BCUT2D eigenvalue weighted by Gasteiger charge is 2.25. The highest BCUT2D eigenvalue weighted by atomic mass is 35.5. The lowest BCUT2D eigenvalue weighted by Gasteiger charge is -2.13. The van der Waals surface area contributed by atoms with Crippen LogP contribution in [-0.2, 0) is 6.54 Å². The average molecular weight is 322 g/mol. The van der Waals surface area contributed by atoms with Gasteiger partial charge in [-0.05, 0) is 24.5 Å². The van der Waals surface area contributed by atoms with Crippen LogP contribution >= 0.6 is 11.6 Å². The number of nitrogens with one attached hydrogen (secondary N) is 2. The Hall–Kier alpha value is -1.43. The summed E-state index contributed by atoms with van der Waals surface area (Å²) in [7, 11) is 1.61. The van der Waals surface area contributed by atoms with E-state index in [1.165, 1.54) is 0 Å². The Morgan fingerprint density at radius 1 is 1.19 bits per heavy atom. The maximum Gasteiger partial charge on any atom is 0.389 e. The molecule has 0 heterocycles. The van der Waals surface area contributed by atoms with Gasteiger partial charge in [0, 0.05) is 31.6 Å². The number of halogens is 4. The number of alkyl halides is 3. The molecule has 21 heavy (non-hydrogen) atoms. The Morgan fingerprint density at radius 3 is 2.52 bits per heavy atom. The Labute approximate surface area is 127 Å². The fourth-order valence-corrected chi connectivity index (χ4v) is 1.90. The van der Waals surface area contributed by atoms with Gasteiger partial charge in [0.05, 0.1) is 0 Å². The van der Waals surface area contributed by atoms with E-state index in [4.69, 9.17) is 11.6 Å². The van der Waals surface area contributed by atoms with Gasteiger partial charge in [-0.15, -0.1) is 0 Å². The molecule has 1 aromatic rings. The van der Waals surface area contributed by atoms with Crippen molar-refractivity contribution in [1.82, 2.24) is 10.6 Å². The van der Waals surface area contributed by atoms with Crippen LogP contribution in [0.4, 0.5) is 13.2 Å². The van der Waals surface area contributed by atoms with Crippen LogP contribution in [0.2, 0.25) is 5.02 Å². The van der Waals surface area contributed by atoms with Gasteiger partial charge in [0.1, 0.15) is 0 Å². The molecule has 0 saturated carbocycles. The minimum atomic E-state index is -4.08. The fraction of sp³-hybridized carbons (Fsp3) is 0.500. The molecule has 0 unspecified atom stereocenters. The van der Waals surface area contributed by atoms with Crippen LogP contribution in [0, 0.1) is 0 Å². The van der Waals surface area contributed by atoms with E-state index >= 15 is 0 Å². The molecule has 118 valence electrons. The first-order valence-electron chi connectivity index (χ1n) is 6.67. The van der Waals surface area contributed by atoms with Crippen LogP contribution in [0.25, 0.3) is 0 Å². The van der Waals surface area contributed by atoms with Gasteiger partial charge in [0.2, 0.25) is 0 Å². The van der Waals surface area contributed by atoms with Gasteiger partial charge in [-0.25, -0.2) is 0 Å². The molecule has 0 spiro atoms. The van der Waals surface area contributed by atoms with Crippen molar-refractivity contribution in [1.29, 1.82) is 0 Å². The van der Waals surface area contributed by atoms with E-state index in [0.717, 1.165) is 5.56 Å². The number of hydrogen-bond donors (Lipinski definition) is 2. The summed E-state index contributed by atoms with van der Waals surface area (Å²) in [5, 5.41) is 6.70. The van der Waals surface area contributed by atoms with E-state index in [1.807, 2.05) is 18.2 Å². The third-order valence-electron chi connectivity index (χ3n) is 2.81. The van der Waals surface area contributed by atoms with E-state index < -0.39 is 12.6 Å². The van der Waals surface area contributed by atoms with Gasteiger partial charge in [-0.3, -0.25) is 4.99 Å². The predicted molar refractivity (Wildman–Crippen MR) is 79.6 cm³/mol. The van der Waals surface area contributed by atoms with Gasteiger partial charge in [-0.2, -0.15) is 13.2 Å². The standard InChI is InChI=1S/C14H19ClF3N3/c1-19-13(20-9-5-4-8-14(16,17)18)21-10-11-6-2-3-7-12(11)15/h2-3,6-7H,4-5,8-10H2,1H3,(H2,19,20,21). The van der Waals surface area contributed by atoms with Crippen LogP contribution < -0.4 is 10.6 Å². The SMILES string of the molecule is CN=C(NCCCCC(F)(F)F)NCc1ccccc1Cl. The van der Waals surface area contributed by atoms with Crippen molar-refractivity contribution in [3.63, 3.8) is 0 Å². The van der Waals surface area contributed by atoms with E-state index in [1.54, 1.807) is 13.1 Å². The average Bonchev–Trinajstić information content (AvgIpc) is 2.42. The van der Waals surface area contributed by atoms with Crippen molar-refractivity contribution in [3.05, 3.63) is 34.9 Å². The van der Waals surface area contributed by atoms with E-state index in [9.17, 15) is 13.2 Å². The van der Waals surface area contributed by atoms with Crippen molar-refractivity contribution in [2.45, 2.75) is 32.0 Å². The molecule has 1 rings (SSSR count). The molecule has 3 nitrogen and oxygen atoms in total. The summed E-state index contributed by atoms with van der Waals surface area (Å²) >= 11 is 6.03. The number of benzene rings is 1. The number of unbranched alkanes of at least 4 members (excludes halogenated alkanes) is 1. The monoisotopic (exact) mass is 321 g/mol. The van der Waals surface area contributed by atoms with Crippen molar-refractivity contribution >= 4 is 17.6 Å². The van der Waals surface area contributed by atoms with Crippen LogP contribution in [0.1, 0.15) is 24.8 Å². The molecule has 0 atom stereocenters. The summed E-state index contributed by atoms with van der Waals surface area (Å²) in [6.45, 7) is 0.945. The maximum atomic E-state index is 12.0. The highest BCUT2D eigenvalue weighted by Crippen LogP contribution is 2.21. The molecule has 0 saturated heterocycles. The Balaban J connectivity index is 2.25. The summed E-state index contributed by atoms with van der Waals surface area (Å²) in [5.74, 6) is 0.543. The number of aliphatic imine (C=N–C) groups is 1. The quantitative estimate of drug-likeness (QED) is 0.476. The number of guanidine groups is 1. The molecule has 0 radical (unpaired) electrons. The molecule has 1 aromatic carbocycles. The first-order chi connectivity index (χ1) is 9.92. The molecule has 0 aliphatic heterocycles. The van der Waals surface area contributed by atoms with E-state index in [0.29, 0.717) is 30.5 Å². The minimum Gasteiger partial charge on any atom is -0.356 e. The summed E-state index contributed by atoms with van der Waals surface area (Å²) in [6, 6.07) is 7.42. The lowest BCUT2D eigenvalue weighted by Crippen LogP contribution is -2.37. The van der Waals surface area contributed by atoms with Crippen LogP contribution in [0.15, 0.2) is 29.3 Å². The third-order valence-corrected chi connectivity index (χ3v) is 3.18. The number of hydrogen-bond acceptors (Lipinski definition) is 1. The van der Waals surface area contributed by atoms with Gasteiger partial charge >= 0.3 is 6.18 Å². The molecule has 0 aromatic heterocycles. The Morgan fingerprint density at radius 2 is 1.90 bits per heavy atom. The van der Waals surface area contributed by atoms with Gasteiger partial charge in [-0.1, -0.05) is 29.8 Å².